The molecule has 0 saturated carbocycles. The average molecular weight is 765 g/mol. The molecule has 0 aliphatic rings. The fourth-order valence-corrected chi connectivity index (χ4v) is 8.19. The summed E-state index contributed by atoms with van der Waals surface area (Å²) in [7, 11) is 0. The van der Waals surface area contributed by atoms with Gasteiger partial charge in [0.05, 0.1) is 11.4 Å². The molecule has 0 spiro atoms. The highest BCUT2D eigenvalue weighted by atomic mass is 15.2. The molecule has 58 heavy (non-hydrogen) atoms. The monoisotopic (exact) mass is 765 g/mol. The molecule has 0 amide bonds. The number of anilines is 6. The summed E-state index contributed by atoms with van der Waals surface area (Å²) < 4.78 is 0. The van der Waals surface area contributed by atoms with Crippen molar-refractivity contribution in [3.63, 3.8) is 0 Å². The Labute approximate surface area is 349 Å². The number of nitrogens with zero attached hydrogens (tertiary/aromatic N) is 2. The largest absolute Gasteiger partial charge is 0.309 e. The second kappa shape index (κ2) is 16.9. The van der Waals surface area contributed by atoms with E-state index >= 15 is 0 Å². The number of hydrogen-bond acceptors (Lipinski definition) is 2. The van der Waals surface area contributed by atoms with Crippen LogP contribution in [0, 0.1) is 13.8 Å². The fraction of sp³-hybridized carbons (Fsp3) is 0.321. The summed E-state index contributed by atoms with van der Waals surface area (Å²) >= 11 is 0. The molecule has 0 atom stereocenters. The van der Waals surface area contributed by atoms with Crippen molar-refractivity contribution < 1.29 is 0 Å². The summed E-state index contributed by atoms with van der Waals surface area (Å²) in [5.41, 5.74) is 14.9. The van der Waals surface area contributed by atoms with Gasteiger partial charge in [-0.2, -0.15) is 0 Å². The predicted molar refractivity (Wildman–Crippen MR) is 255 cm³/mol. The minimum absolute atomic E-state index is 0.0444. The van der Waals surface area contributed by atoms with E-state index in [1.165, 1.54) is 103 Å². The zero-order chi connectivity index (χ0) is 41.2. The normalized spacial score (nSPS) is 12.0. The first-order valence-electron chi connectivity index (χ1n) is 21.7. The van der Waals surface area contributed by atoms with Gasteiger partial charge in [-0.25, -0.2) is 0 Å². The number of aryl methyl sites for hydroxylation is 4. The molecule has 0 saturated heterocycles. The first-order valence-corrected chi connectivity index (χ1v) is 21.7. The van der Waals surface area contributed by atoms with Crippen molar-refractivity contribution >= 4 is 55.7 Å². The van der Waals surface area contributed by atoms with Crippen LogP contribution < -0.4 is 9.80 Å². The highest BCUT2D eigenvalue weighted by molar-refractivity contribution is 6.23. The van der Waals surface area contributed by atoms with Crippen LogP contribution in [0.4, 0.5) is 34.1 Å². The summed E-state index contributed by atoms with van der Waals surface area (Å²) in [6, 6.07) is 51.4. The summed E-state index contributed by atoms with van der Waals surface area (Å²) in [6.45, 7) is 22.9. The van der Waals surface area contributed by atoms with Crippen LogP contribution in [0.5, 0.6) is 0 Å². The van der Waals surface area contributed by atoms with Crippen molar-refractivity contribution in [1.82, 2.24) is 0 Å². The van der Waals surface area contributed by atoms with Crippen LogP contribution in [0.1, 0.15) is 114 Å². The molecule has 2 nitrogen and oxygen atoms in total. The molecule has 7 aromatic rings. The maximum atomic E-state index is 2.53. The minimum atomic E-state index is -0.0444. The summed E-state index contributed by atoms with van der Waals surface area (Å²) in [5.74, 6) is 0. The Morgan fingerprint density at radius 1 is 0.379 bits per heavy atom. The van der Waals surface area contributed by atoms with Crippen LogP contribution in [0.25, 0.3) is 21.5 Å². The van der Waals surface area contributed by atoms with Gasteiger partial charge in [0.1, 0.15) is 0 Å². The smallest absolute Gasteiger partial charge is 0.0620 e. The van der Waals surface area contributed by atoms with Gasteiger partial charge in [-0.3, -0.25) is 0 Å². The standard InChI is InChI=1S/C56H64N2/c1-11-13-15-41-21-31-47(32-22-41)57(45-27-17-39(3)18-28-45)53-49-35-25-44(56(8,9)10)38-52(49)54(50-36-26-43(37-51(50)53)55(5,6)7)58(46-29-19-40(4)20-30-46)48-33-23-42(24-34-48)16-14-12-2/h17-38H,11-16H2,1-10H3. The van der Waals surface area contributed by atoms with E-state index in [0.29, 0.717) is 0 Å². The van der Waals surface area contributed by atoms with Gasteiger partial charge < -0.3 is 9.80 Å². The zero-order valence-electron chi connectivity index (χ0n) is 36.8. The van der Waals surface area contributed by atoms with Crippen LogP contribution in [-0.2, 0) is 23.7 Å². The fourth-order valence-electron chi connectivity index (χ4n) is 8.19. The van der Waals surface area contributed by atoms with Gasteiger partial charge >= 0.3 is 0 Å². The third kappa shape index (κ3) is 8.58. The Balaban J connectivity index is 1.64. The molecule has 0 unspecified atom stereocenters. The molecule has 0 aliphatic carbocycles. The Bertz CT molecular complexity index is 2300. The lowest BCUT2D eigenvalue weighted by molar-refractivity contribution is 0.590. The number of hydrogen-bond donors (Lipinski definition) is 0. The summed E-state index contributed by atoms with van der Waals surface area (Å²) in [4.78, 5) is 5.05. The van der Waals surface area contributed by atoms with Gasteiger partial charge in [-0.15, -0.1) is 0 Å². The lowest BCUT2D eigenvalue weighted by atomic mass is 9.82. The van der Waals surface area contributed by atoms with Crippen LogP contribution in [0.3, 0.4) is 0 Å². The highest BCUT2D eigenvalue weighted by Crippen LogP contribution is 2.52. The van der Waals surface area contributed by atoms with Crippen molar-refractivity contribution in [1.29, 1.82) is 0 Å². The van der Waals surface area contributed by atoms with Gasteiger partial charge in [0.25, 0.3) is 0 Å². The molecule has 298 valence electrons. The van der Waals surface area contributed by atoms with Crippen molar-refractivity contribution in [3.8, 4) is 0 Å². The van der Waals surface area contributed by atoms with Crippen molar-refractivity contribution in [2.24, 2.45) is 0 Å². The molecule has 0 N–H and O–H groups in total. The molecule has 0 heterocycles. The lowest BCUT2D eigenvalue weighted by Gasteiger charge is -2.34. The van der Waals surface area contributed by atoms with Gasteiger partial charge in [0.15, 0.2) is 0 Å². The van der Waals surface area contributed by atoms with E-state index in [1.807, 2.05) is 0 Å². The van der Waals surface area contributed by atoms with Gasteiger partial charge in [0, 0.05) is 44.3 Å². The first-order chi connectivity index (χ1) is 27.8. The molecule has 7 aromatic carbocycles. The van der Waals surface area contributed by atoms with Gasteiger partial charge in [-0.05, 0) is 133 Å². The zero-order valence-corrected chi connectivity index (χ0v) is 36.8. The molecule has 0 aliphatic heterocycles. The first kappa shape index (κ1) is 40.8. The highest BCUT2D eigenvalue weighted by Gasteiger charge is 2.28. The van der Waals surface area contributed by atoms with Crippen molar-refractivity contribution in [3.05, 3.63) is 167 Å². The quantitative estimate of drug-likeness (QED) is 0.0903. The number of benzene rings is 7. The van der Waals surface area contributed by atoms with E-state index in [2.05, 4.69) is 212 Å². The van der Waals surface area contributed by atoms with Crippen molar-refractivity contribution in [2.75, 3.05) is 9.80 Å². The van der Waals surface area contributed by atoms with E-state index in [0.717, 1.165) is 24.2 Å². The van der Waals surface area contributed by atoms with Crippen LogP contribution >= 0.6 is 0 Å². The second-order valence-electron chi connectivity index (χ2n) is 18.6. The van der Waals surface area contributed by atoms with E-state index in [-0.39, 0.29) is 10.8 Å². The predicted octanol–water partition coefficient (Wildman–Crippen LogP) is 16.8. The summed E-state index contributed by atoms with van der Waals surface area (Å²) in [5, 5.41) is 4.94. The topological polar surface area (TPSA) is 6.48 Å². The van der Waals surface area contributed by atoms with Gasteiger partial charge in [0.2, 0.25) is 0 Å². The number of fused-ring (bicyclic) bond motifs is 2. The minimum Gasteiger partial charge on any atom is -0.309 e. The Kier molecular flexibility index (Phi) is 11.9. The molecule has 7 rings (SSSR count). The summed E-state index contributed by atoms with van der Waals surface area (Å²) in [6.07, 6.45) is 6.97. The Morgan fingerprint density at radius 2 is 0.690 bits per heavy atom. The van der Waals surface area contributed by atoms with Crippen LogP contribution in [0.15, 0.2) is 133 Å². The second-order valence-corrected chi connectivity index (χ2v) is 18.6. The van der Waals surface area contributed by atoms with E-state index in [1.54, 1.807) is 0 Å². The number of rotatable bonds is 12. The third-order valence-electron chi connectivity index (χ3n) is 11.9. The molecule has 0 bridgehead atoms. The van der Waals surface area contributed by atoms with Gasteiger partial charge in [-0.1, -0.05) is 152 Å². The Morgan fingerprint density at radius 3 is 0.983 bits per heavy atom. The number of unbranched alkanes of at least 4 members (excludes halogenated alkanes) is 2. The van der Waals surface area contributed by atoms with E-state index in [9.17, 15) is 0 Å². The molecular formula is C56H64N2. The average Bonchev–Trinajstić information content (AvgIpc) is 3.21. The Hall–Kier alpha value is -5.34. The van der Waals surface area contributed by atoms with Crippen molar-refractivity contribution in [2.45, 2.75) is 119 Å². The third-order valence-corrected chi connectivity index (χ3v) is 11.9. The molecular weight excluding hydrogens is 701 g/mol. The molecule has 0 fully saturated rings. The maximum Gasteiger partial charge on any atom is 0.0620 e. The van der Waals surface area contributed by atoms with Crippen LogP contribution in [-0.4, -0.2) is 0 Å². The maximum absolute atomic E-state index is 2.53. The van der Waals surface area contributed by atoms with E-state index < -0.39 is 0 Å². The lowest BCUT2D eigenvalue weighted by Crippen LogP contribution is -2.17. The van der Waals surface area contributed by atoms with E-state index in [4.69, 9.17) is 0 Å². The SMILES string of the molecule is CCCCc1ccc(N(c2ccc(C)cc2)c2c3ccc(C(C)(C)C)cc3c(N(c3ccc(C)cc3)c3ccc(CCCC)cc3)c3ccc(C(C)(C)C)cc23)cc1. The van der Waals surface area contributed by atoms with Crippen LogP contribution in [0.2, 0.25) is 0 Å². The molecule has 2 heteroatoms. The molecule has 0 aromatic heterocycles. The molecule has 0 radical (unpaired) electrons.